The summed E-state index contributed by atoms with van der Waals surface area (Å²) in [5, 5.41) is 7.00. The van der Waals surface area contributed by atoms with Crippen molar-refractivity contribution in [1.82, 2.24) is 10.3 Å². The number of thiazole rings is 1. The van der Waals surface area contributed by atoms with Crippen LogP contribution in [0.4, 0.5) is 0 Å². The largest absolute Gasteiger partial charge is 0.381 e. The van der Waals surface area contributed by atoms with Crippen molar-refractivity contribution >= 4 is 11.3 Å². The van der Waals surface area contributed by atoms with Crippen molar-refractivity contribution in [2.45, 2.75) is 45.6 Å². The van der Waals surface area contributed by atoms with E-state index in [-0.39, 0.29) is 5.41 Å². The van der Waals surface area contributed by atoms with Crippen LogP contribution in [0.5, 0.6) is 0 Å². The summed E-state index contributed by atoms with van der Waals surface area (Å²) in [7, 11) is 0. The fraction of sp³-hybridized carbons (Fsp3) is 0.786. The molecule has 0 amide bonds. The summed E-state index contributed by atoms with van der Waals surface area (Å²) in [4.78, 5) is 4.85. The fourth-order valence-electron chi connectivity index (χ4n) is 2.27. The predicted molar refractivity (Wildman–Crippen MR) is 76.2 cm³/mol. The summed E-state index contributed by atoms with van der Waals surface area (Å²) in [6, 6.07) is 0.360. The average molecular weight is 268 g/mol. The van der Waals surface area contributed by atoms with E-state index in [1.54, 1.807) is 11.3 Å². The Balaban J connectivity index is 2.17. The van der Waals surface area contributed by atoms with Crippen molar-refractivity contribution in [1.29, 1.82) is 0 Å². The maximum absolute atomic E-state index is 5.52. The molecule has 0 bridgehead atoms. The Morgan fingerprint density at radius 3 is 2.83 bits per heavy atom. The van der Waals surface area contributed by atoms with Crippen molar-refractivity contribution in [2.24, 2.45) is 5.92 Å². The van der Waals surface area contributed by atoms with Gasteiger partial charge in [0.05, 0.1) is 18.3 Å². The molecule has 102 valence electrons. The molecule has 0 saturated carbocycles. The molecule has 0 spiro atoms. The zero-order chi connectivity index (χ0) is 13.2. The van der Waals surface area contributed by atoms with Crippen LogP contribution in [0.25, 0.3) is 0 Å². The Morgan fingerprint density at radius 1 is 1.56 bits per heavy atom. The minimum Gasteiger partial charge on any atom is -0.381 e. The second-order valence-corrected chi connectivity index (χ2v) is 6.87. The van der Waals surface area contributed by atoms with Gasteiger partial charge in [0.1, 0.15) is 5.01 Å². The first-order valence-corrected chi connectivity index (χ1v) is 7.67. The SMILES string of the molecule is CCNC(c1nc(C(C)(C)C)cs1)C1CCOC1. The minimum atomic E-state index is 0.137. The van der Waals surface area contributed by atoms with Gasteiger partial charge in [-0.2, -0.15) is 0 Å². The molecule has 2 rings (SSSR count). The second-order valence-electron chi connectivity index (χ2n) is 5.98. The standard InChI is InChI=1S/C14H24N2OS/c1-5-15-12(10-6-7-17-8-10)13-16-11(9-18-13)14(2,3)4/h9-10,12,15H,5-8H2,1-4H3. The van der Waals surface area contributed by atoms with Gasteiger partial charge in [-0.25, -0.2) is 4.98 Å². The quantitative estimate of drug-likeness (QED) is 0.911. The Kier molecular flexibility index (Phi) is 4.41. The van der Waals surface area contributed by atoms with Crippen LogP contribution in [0.15, 0.2) is 5.38 Å². The molecule has 2 atom stereocenters. The minimum absolute atomic E-state index is 0.137. The molecule has 4 heteroatoms. The molecule has 1 N–H and O–H groups in total. The Morgan fingerprint density at radius 2 is 2.33 bits per heavy atom. The highest BCUT2D eigenvalue weighted by molar-refractivity contribution is 7.09. The third kappa shape index (κ3) is 3.11. The number of aromatic nitrogens is 1. The highest BCUT2D eigenvalue weighted by atomic mass is 32.1. The molecule has 1 saturated heterocycles. The summed E-state index contributed by atoms with van der Waals surface area (Å²) in [6.07, 6.45) is 1.14. The maximum atomic E-state index is 5.52. The van der Waals surface area contributed by atoms with E-state index in [4.69, 9.17) is 9.72 Å². The zero-order valence-corrected chi connectivity index (χ0v) is 12.6. The van der Waals surface area contributed by atoms with E-state index in [9.17, 15) is 0 Å². The smallest absolute Gasteiger partial charge is 0.110 e. The second kappa shape index (κ2) is 5.68. The molecule has 0 aliphatic carbocycles. The lowest BCUT2D eigenvalue weighted by Gasteiger charge is -2.21. The third-order valence-corrected chi connectivity index (χ3v) is 4.34. The molecule has 2 heterocycles. The van der Waals surface area contributed by atoms with Crippen LogP contribution in [0.1, 0.15) is 50.9 Å². The van der Waals surface area contributed by atoms with Crippen LogP contribution in [-0.2, 0) is 10.2 Å². The Bertz CT molecular complexity index is 377. The van der Waals surface area contributed by atoms with E-state index in [2.05, 4.69) is 38.4 Å². The highest BCUT2D eigenvalue weighted by Crippen LogP contribution is 2.33. The van der Waals surface area contributed by atoms with E-state index >= 15 is 0 Å². The fourth-order valence-corrected chi connectivity index (χ4v) is 3.48. The lowest BCUT2D eigenvalue weighted by Crippen LogP contribution is -2.28. The summed E-state index contributed by atoms with van der Waals surface area (Å²) in [5.41, 5.74) is 1.34. The van der Waals surface area contributed by atoms with Crippen LogP contribution in [0.3, 0.4) is 0 Å². The molecule has 2 unspecified atom stereocenters. The lowest BCUT2D eigenvalue weighted by molar-refractivity contribution is 0.177. The van der Waals surface area contributed by atoms with Crippen molar-refractivity contribution in [3.8, 4) is 0 Å². The van der Waals surface area contributed by atoms with Crippen molar-refractivity contribution in [3.63, 3.8) is 0 Å². The van der Waals surface area contributed by atoms with Gasteiger partial charge in [-0.05, 0) is 13.0 Å². The Hall–Kier alpha value is -0.450. The third-order valence-electron chi connectivity index (χ3n) is 3.42. The van der Waals surface area contributed by atoms with Gasteiger partial charge in [0.2, 0.25) is 0 Å². The van der Waals surface area contributed by atoms with E-state index in [1.807, 2.05) is 0 Å². The lowest BCUT2D eigenvalue weighted by atomic mass is 9.93. The van der Waals surface area contributed by atoms with Crippen molar-refractivity contribution < 1.29 is 4.74 Å². The normalized spacial score (nSPS) is 22.3. The zero-order valence-electron chi connectivity index (χ0n) is 11.8. The van der Waals surface area contributed by atoms with Crippen LogP contribution in [0, 0.1) is 5.92 Å². The summed E-state index contributed by atoms with van der Waals surface area (Å²) >= 11 is 1.78. The number of hydrogen-bond donors (Lipinski definition) is 1. The van der Waals surface area contributed by atoms with Crippen LogP contribution in [0.2, 0.25) is 0 Å². The van der Waals surface area contributed by atoms with Gasteiger partial charge >= 0.3 is 0 Å². The summed E-state index contributed by atoms with van der Waals surface area (Å²) in [6.45, 7) is 11.5. The van der Waals surface area contributed by atoms with E-state index in [1.165, 1.54) is 10.7 Å². The van der Waals surface area contributed by atoms with E-state index in [0.717, 1.165) is 26.2 Å². The monoisotopic (exact) mass is 268 g/mol. The van der Waals surface area contributed by atoms with Gasteiger partial charge in [-0.15, -0.1) is 11.3 Å². The van der Waals surface area contributed by atoms with Gasteiger partial charge < -0.3 is 10.1 Å². The molecule has 1 fully saturated rings. The number of rotatable bonds is 4. The van der Waals surface area contributed by atoms with Crippen LogP contribution < -0.4 is 5.32 Å². The highest BCUT2D eigenvalue weighted by Gasteiger charge is 2.29. The molecule has 1 aromatic rings. The first-order chi connectivity index (χ1) is 8.52. The molecule has 0 aromatic carbocycles. The van der Waals surface area contributed by atoms with E-state index in [0.29, 0.717) is 12.0 Å². The van der Waals surface area contributed by atoms with Crippen molar-refractivity contribution in [2.75, 3.05) is 19.8 Å². The molecular formula is C14H24N2OS. The number of nitrogens with one attached hydrogen (secondary N) is 1. The first-order valence-electron chi connectivity index (χ1n) is 6.79. The van der Waals surface area contributed by atoms with Crippen molar-refractivity contribution in [3.05, 3.63) is 16.1 Å². The van der Waals surface area contributed by atoms with E-state index < -0.39 is 0 Å². The number of ether oxygens (including phenoxy) is 1. The summed E-state index contributed by atoms with van der Waals surface area (Å²) in [5.74, 6) is 0.573. The van der Waals surface area contributed by atoms with Gasteiger partial charge in [-0.1, -0.05) is 27.7 Å². The van der Waals surface area contributed by atoms with Gasteiger partial charge in [0.15, 0.2) is 0 Å². The van der Waals surface area contributed by atoms with Crippen LogP contribution >= 0.6 is 11.3 Å². The molecule has 3 nitrogen and oxygen atoms in total. The van der Waals surface area contributed by atoms with Gasteiger partial charge in [0.25, 0.3) is 0 Å². The molecule has 18 heavy (non-hydrogen) atoms. The first kappa shape index (κ1) is 14.0. The topological polar surface area (TPSA) is 34.2 Å². The predicted octanol–water partition coefficient (Wildman–Crippen LogP) is 3.13. The molecule has 0 radical (unpaired) electrons. The molecule has 1 aliphatic rings. The Labute approximate surface area is 114 Å². The number of hydrogen-bond acceptors (Lipinski definition) is 4. The average Bonchev–Trinajstić information content (AvgIpc) is 2.96. The van der Waals surface area contributed by atoms with Crippen LogP contribution in [-0.4, -0.2) is 24.7 Å². The summed E-state index contributed by atoms with van der Waals surface area (Å²) < 4.78 is 5.52. The molecular weight excluding hydrogens is 244 g/mol. The van der Waals surface area contributed by atoms with Gasteiger partial charge in [-0.3, -0.25) is 0 Å². The van der Waals surface area contributed by atoms with Gasteiger partial charge in [0, 0.05) is 23.3 Å². The molecule has 1 aromatic heterocycles. The molecule has 1 aliphatic heterocycles. The number of nitrogens with zero attached hydrogens (tertiary/aromatic N) is 1. The maximum Gasteiger partial charge on any atom is 0.110 e.